The molecule has 2 rings (SSSR count). The number of nitrogens with one attached hydrogen (secondary N) is 1. The molecule has 1 N–H and O–H groups in total. The summed E-state index contributed by atoms with van der Waals surface area (Å²) in [5.74, 6) is 1.74. The maximum absolute atomic E-state index is 11.2. The zero-order chi connectivity index (χ0) is 13.1. The van der Waals surface area contributed by atoms with Crippen LogP contribution < -0.4 is 5.32 Å². The molecule has 0 aliphatic heterocycles. The van der Waals surface area contributed by atoms with Gasteiger partial charge in [0.1, 0.15) is 0 Å². The van der Waals surface area contributed by atoms with Crippen molar-refractivity contribution in [2.75, 3.05) is 5.32 Å². The first-order valence-electron chi connectivity index (χ1n) is 6.92. The molecule has 2 heteroatoms. The smallest absolute Gasteiger partial charge is 0.159 e. The maximum atomic E-state index is 11.2. The molecule has 18 heavy (non-hydrogen) atoms. The van der Waals surface area contributed by atoms with Crippen LogP contribution in [0.1, 0.15) is 50.4 Å². The van der Waals surface area contributed by atoms with Crippen LogP contribution in [0.4, 0.5) is 5.69 Å². The topological polar surface area (TPSA) is 29.1 Å². The van der Waals surface area contributed by atoms with Gasteiger partial charge in [-0.2, -0.15) is 0 Å². The van der Waals surface area contributed by atoms with Gasteiger partial charge in [-0.05, 0) is 62.3 Å². The Bertz CT molecular complexity index is 400. The Morgan fingerprint density at radius 1 is 1.06 bits per heavy atom. The first-order chi connectivity index (χ1) is 8.54. The molecule has 0 amide bonds. The molecule has 98 valence electrons. The molecule has 2 atom stereocenters. The fourth-order valence-corrected chi connectivity index (χ4v) is 3.10. The van der Waals surface area contributed by atoms with E-state index in [4.69, 9.17) is 0 Å². The number of ketones is 1. The maximum Gasteiger partial charge on any atom is 0.159 e. The highest BCUT2D eigenvalue weighted by Crippen LogP contribution is 2.30. The van der Waals surface area contributed by atoms with Crippen molar-refractivity contribution in [3.8, 4) is 0 Å². The molecule has 0 spiro atoms. The minimum Gasteiger partial charge on any atom is -0.382 e. The van der Waals surface area contributed by atoms with Gasteiger partial charge in [0, 0.05) is 17.3 Å². The molecule has 1 aliphatic carbocycles. The Balaban J connectivity index is 1.98. The van der Waals surface area contributed by atoms with Crippen LogP contribution in [-0.4, -0.2) is 11.8 Å². The first-order valence-corrected chi connectivity index (χ1v) is 6.92. The summed E-state index contributed by atoms with van der Waals surface area (Å²) in [7, 11) is 0. The van der Waals surface area contributed by atoms with Crippen LogP contribution in [0.5, 0.6) is 0 Å². The quantitative estimate of drug-likeness (QED) is 0.811. The van der Waals surface area contributed by atoms with E-state index in [1.54, 1.807) is 6.92 Å². The summed E-state index contributed by atoms with van der Waals surface area (Å²) < 4.78 is 0. The largest absolute Gasteiger partial charge is 0.382 e. The highest BCUT2D eigenvalue weighted by Gasteiger charge is 2.23. The lowest BCUT2D eigenvalue weighted by atomic mass is 9.80. The zero-order valence-corrected chi connectivity index (χ0v) is 11.6. The van der Waals surface area contributed by atoms with E-state index in [1.807, 2.05) is 24.3 Å². The summed E-state index contributed by atoms with van der Waals surface area (Å²) in [4.78, 5) is 11.2. The molecular weight excluding hydrogens is 222 g/mol. The van der Waals surface area contributed by atoms with Gasteiger partial charge in [0.15, 0.2) is 5.78 Å². The Labute approximate surface area is 110 Å². The van der Waals surface area contributed by atoms with Crippen molar-refractivity contribution in [3.05, 3.63) is 29.8 Å². The van der Waals surface area contributed by atoms with Crippen LogP contribution in [0.2, 0.25) is 0 Å². The third-order valence-corrected chi connectivity index (χ3v) is 3.84. The molecule has 0 aromatic heterocycles. The Kier molecular flexibility index (Phi) is 4.05. The molecule has 0 heterocycles. The number of benzene rings is 1. The van der Waals surface area contributed by atoms with Crippen molar-refractivity contribution >= 4 is 11.5 Å². The zero-order valence-electron chi connectivity index (χ0n) is 11.6. The summed E-state index contributed by atoms with van der Waals surface area (Å²) in [6.07, 6.45) is 3.85. The van der Waals surface area contributed by atoms with Gasteiger partial charge in [0.05, 0.1) is 0 Å². The molecule has 2 nitrogen and oxygen atoms in total. The Hall–Kier alpha value is -1.31. The van der Waals surface area contributed by atoms with E-state index in [9.17, 15) is 4.79 Å². The van der Waals surface area contributed by atoms with Gasteiger partial charge in [-0.3, -0.25) is 4.79 Å². The second kappa shape index (κ2) is 5.55. The van der Waals surface area contributed by atoms with E-state index >= 15 is 0 Å². The fourth-order valence-electron chi connectivity index (χ4n) is 3.10. The first kappa shape index (κ1) is 13.1. The van der Waals surface area contributed by atoms with Crippen molar-refractivity contribution in [1.82, 2.24) is 0 Å². The van der Waals surface area contributed by atoms with Crippen LogP contribution >= 0.6 is 0 Å². The average molecular weight is 245 g/mol. The average Bonchev–Trinajstić information content (AvgIpc) is 2.28. The van der Waals surface area contributed by atoms with E-state index in [-0.39, 0.29) is 5.78 Å². The number of carbonyl (C=O) groups is 1. The summed E-state index contributed by atoms with van der Waals surface area (Å²) in [6, 6.07) is 8.41. The van der Waals surface area contributed by atoms with E-state index in [2.05, 4.69) is 19.2 Å². The summed E-state index contributed by atoms with van der Waals surface area (Å²) in [6.45, 7) is 6.28. The van der Waals surface area contributed by atoms with Gasteiger partial charge < -0.3 is 5.32 Å². The lowest BCUT2D eigenvalue weighted by Crippen LogP contribution is -2.30. The second-order valence-electron chi connectivity index (χ2n) is 5.89. The molecule has 0 bridgehead atoms. The van der Waals surface area contributed by atoms with E-state index < -0.39 is 0 Å². The lowest BCUT2D eigenvalue weighted by molar-refractivity contribution is 0.101. The van der Waals surface area contributed by atoms with Crippen molar-refractivity contribution in [3.63, 3.8) is 0 Å². The highest BCUT2D eigenvalue weighted by molar-refractivity contribution is 5.94. The minimum atomic E-state index is 0.126. The SMILES string of the molecule is CC(=O)c1ccc(NC2CC(C)CC(C)C2)cc1. The van der Waals surface area contributed by atoms with Crippen LogP contribution in [0.15, 0.2) is 24.3 Å². The van der Waals surface area contributed by atoms with E-state index in [1.165, 1.54) is 19.3 Å². The number of anilines is 1. The summed E-state index contributed by atoms with van der Waals surface area (Å²) in [5, 5.41) is 3.60. The third kappa shape index (κ3) is 3.34. The Morgan fingerprint density at radius 2 is 1.61 bits per heavy atom. The van der Waals surface area contributed by atoms with Crippen LogP contribution in [0.3, 0.4) is 0 Å². The molecular formula is C16H23NO. The Morgan fingerprint density at radius 3 is 2.11 bits per heavy atom. The normalized spacial score (nSPS) is 27.8. The highest BCUT2D eigenvalue weighted by atomic mass is 16.1. The van der Waals surface area contributed by atoms with Crippen LogP contribution in [0, 0.1) is 11.8 Å². The number of hydrogen-bond acceptors (Lipinski definition) is 2. The number of hydrogen-bond donors (Lipinski definition) is 1. The predicted molar refractivity (Wildman–Crippen MR) is 76.0 cm³/mol. The molecule has 1 saturated carbocycles. The molecule has 1 aromatic rings. The van der Waals surface area contributed by atoms with Crippen molar-refractivity contribution in [2.24, 2.45) is 11.8 Å². The van der Waals surface area contributed by atoms with Gasteiger partial charge in [-0.15, -0.1) is 0 Å². The summed E-state index contributed by atoms with van der Waals surface area (Å²) >= 11 is 0. The van der Waals surface area contributed by atoms with Gasteiger partial charge in [-0.1, -0.05) is 13.8 Å². The van der Waals surface area contributed by atoms with Gasteiger partial charge in [0.2, 0.25) is 0 Å². The number of carbonyl (C=O) groups excluding carboxylic acids is 1. The molecule has 2 unspecified atom stereocenters. The van der Waals surface area contributed by atoms with Crippen LogP contribution in [-0.2, 0) is 0 Å². The standard InChI is InChI=1S/C16H23NO/c1-11-8-12(2)10-16(9-11)17-15-6-4-14(5-7-15)13(3)18/h4-7,11-12,16-17H,8-10H2,1-3H3. The third-order valence-electron chi connectivity index (χ3n) is 3.84. The molecule has 1 aromatic carbocycles. The summed E-state index contributed by atoms with van der Waals surface area (Å²) in [5.41, 5.74) is 1.91. The molecule has 1 fully saturated rings. The van der Waals surface area contributed by atoms with Gasteiger partial charge in [-0.25, -0.2) is 0 Å². The molecule has 0 saturated heterocycles. The predicted octanol–water partition coefficient (Wildman–Crippen LogP) is 4.13. The van der Waals surface area contributed by atoms with Gasteiger partial charge >= 0.3 is 0 Å². The van der Waals surface area contributed by atoms with Crippen molar-refractivity contribution < 1.29 is 4.79 Å². The number of rotatable bonds is 3. The van der Waals surface area contributed by atoms with Crippen molar-refractivity contribution in [2.45, 2.75) is 46.1 Å². The van der Waals surface area contributed by atoms with Crippen LogP contribution in [0.25, 0.3) is 0 Å². The molecule has 0 radical (unpaired) electrons. The van der Waals surface area contributed by atoms with Crippen molar-refractivity contribution in [1.29, 1.82) is 0 Å². The van der Waals surface area contributed by atoms with Gasteiger partial charge in [0.25, 0.3) is 0 Å². The minimum absolute atomic E-state index is 0.126. The van der Waals surface area contributed by atoms with E-state index in [0.29, 0.717) is 6.04 Å². The monoisotopic (exact) mass is 245 g/mol. The fraction of sp³-hybridized carbons (Fsp3) is 0.562. The second-order valence-corrected chi connectivity index (χ2v) is 5.89. The lowest BCUT2D eigenvalue weighted by Gasteiger charge is -2.32. The number of Topliss-reactive ketones (excluding diaryl/α,β-unsaturated/α-hetero) is 1. The molecule has 1 aliphatic rings. The van der Waals surface area contributed by atoms with E-state index in [0.717, 1.165) is 23.1 Å².